The first kappa shape index (κ1) is 44.8. The summed E-state index contributed by atoms with van der Waals surface area (Å²) in [6.45, 7) is -0.600. The van der Waals surface area contributed by atoms with Crippen LogP contribution in [0.3, 0.4) is 0 Å². The second-order valence-electron chi connectivity index (χ2n) is 12.0. The molecule has 4 rings (SSSR count). The third-order valence-electron chi connectivity index (χ3n) is 8.55. The summed E-state index contributed by atoms with van der Waals surface area (Å²) in [7, 11) is 12.4. The summed E-state index contributed by atoms with van der Waals surface area (Å²) in [6, 6.07) is 11.5. The van der Waals surface area contributed by atoms with E-state index in [9.17, 15) is 28.8 Å². The minimum Gasteiger partial charge on any atom is -0.493 e. The Balaban J connectivity index is 1.61. The van der Waals surface area contributed by atoms with Crippen molar-refractivity contribution in [2.45, 2.75) is 0 Å². The topological polar surface area (TPSA) is 246 Å². The van der Waals surface area contributed by atoms with Gasteiger partial charge in [-0.3, -0.25) is 50.5 Å². The summed E-state index contributed by atoms with van der Waals surface area (Å²) in [5.74, 6) is -3.16. The Morgan fingerprint density at radius 2 is 0.567 bits per heavy atom. The van der Waals surface area contributed by atoms with E-state index in [0.717, 1.165) is 18.2 Å². The number of carbonyl (C=O) groups is 6. The lowest BCUT2D eigenvalue weighted by Gasteiger charge is -2.15. The van der Waals surface area contributed by atoms with Gasteiger partial charge in [-0.2, -0.15) is 0 Å². The third-order valence-corrected chi connectivity index (χ3v) is 8.55. The Hall–Kier alpha value is -7.90. The number of carbonyl (C=O) groups excluding carboxylic acids is 6. The van der Waals surface area contributed by atoms with Crippen LogP contribution >= 0.6 is 0 Å². The van der Waals surface area contributed by atoms with Crippen molar-refractivity contribution >= 4 is 35.3 Å². The Morgan fingerprint density at radius 3 is 0.817 bits per heavy atom. The normalized spacial score (nSPS) is 10.2. The van der Waals surface area contributed by atoms with Crippen LogP contribution in [0.4, 0.5) is 0 Å². The lowest BCUT2D eigenvalue weighted by Crippen LogP contribution is -2.43. The van der Waals surface area contributed by atoms with Gasteiger partial charge in [-0.05, 0) is 54.6 Å². The predicted octanol–water partition coefficient (Wildman–Crippen LogP) is 2.53. The lowest BCUT2D eigenvalue weighted by atomic mass is 10.0. The molecule has 0 saturated heterocycles. The van der Waals surface area contributed by atoms with Crippen LogP contribution in [-0.2, 0) is 0 Å². The van der Waals surface area contributed by atoms with Gasteiger partial charge in [0.25, 0.3) is 29.5 Å². The molecule has 4 aromatic rings. The molecule has 0 aliphatic rings. The van der Waals surface area contributed by atoms with Crippen molar-refractivity contribution in [1.82, 2.24) is 27.0 Å². The molecule has 318 valence electrons. The standard InChI is InChI=1S/C40H43N5O15/c1-52-27-13-23(14-28(53-2)33(27)58-7)36(47)41-19-26(46)20-10-21(37(48)42-44-39(50)24-15-29(54-3)34(59-8)30(16-24)55-4)12-22(11-20)38(49)43-45-40(51)25-17-31(56-5)35(60-9)32(18-25)57-6/h10-18H,19H2,1-9H3,(H,41,47)(H,42,48)(H,43,49)(H,44,50)(H,45,51). The maximum atomic E-state index is 13.6. The van der Waals surface area contributed by atoms with Gasteiger partial charge in [0, 0.05) is 33.4 Å². The number of benzene rings is 4. The maximum Gasteiger partial charge on any atom is 0.269 e. The molecule has 0 aromatic heterocycles. The summed E-state index contributed by atoms with van der Waals surface area (Å²) < 4.78 is 47.6. The Morgan fingerprint density at radius 1 is 0.333 bits per heavy atom. The average molecular weight is 834 g/mol. The largest absolute Gasteiger partial charge is 0.493 e. The Kier molecular flexibility index (Phi) is 15.3. The van der Waals surface area contributed by atoms with Gasteiger partial charge in [0.1, 0.15) is 0 Å². The molecule has 20 heteroatoms. The number of Topliss-reactive ketones (excluding diaryl/α,β-unsaturated/α-hetero) is 1. The van der Waals surface area contributed by atoms with Gasteiger partial charge >= 0.3 is 0 Å². The minimum absolute atomic E-state index is 0.0134. The number of rotatable bonds is 17. The average Bonchev–Trinajstić information content (AvgIpc) is 3.29. The molecule has 0 bridgehead atoms. The predicted molar refractivity (Wildman–Crippen MR) is 211 cm³/mol. The molecular weight excluding hydrogens is 790 g/mol. The van der Waals surface area contributed by atoms with Crippen molar-refractivity contribution in [2.75, 3.05) is 70.5 Å². The van der Waals surface area contributed by atoms with Crippen molar-refractivity contribution in [3.63, 3.8) is 0 Å². The molecule has 0 aliphatic carbocycles. The molecule has 0 atom stereocenters. The highest BCUT2D eigenvalue weighted by atomic mass is 16.5. The Labute approximate surface area is 343 Å². The molecule has 0 aliphatic heterocycles. The van der Waals surface area contributed by atoms with E-state index in [0.29, 0.717) is 0 Å². The smallest absolute Gasteiger partial charge is 0.269 e. The molecule has 5 N–H and O–H groups in total. The van der Waals surface area contributed by atoms with E-state index in [-0.39, 0.29) is 85.1 Å². The number of hydrogen-bond acceptors (Lipinski definition) is 15. The summed E-state index contributed by atoms with van der Waals surface area (Å²) in [4.78, 5) is 79.9. The fourth-order valence-corrected chi connectivity index (χ4v) is 5.57. The molecule has 0 unspecified atom stereocenters. The van der Waals surface area contributed by atoms with Gasteiger partial charge in [0.2, 0.25) is 17.2 Å². The minimum atomic E-state index is -0.956. The number of hydrogen-bond donors (Lipinski definition) is 5. The molecule has 5 amide bonds. The summed E-state index contributed by atoms with van der Waals surface area (Å²) >= 11 is 0. The van der Waals surface area contributed by atoms with E-state index < -0.39 is 41.9 Å². The summed E-state index contributed by atoms with van der Waals surface area (Å²) in [5.41, 5.74) is 8.32. The van der Waals surface area contributed by atoms with Gasteiger partial charge in [-0.25, -0.2) is 0 Å². The van der Waals surface area contributed by atoms with E-state index >= 15 is 0 Å². The van der Waals surface area contributed by atoms with Crippen molar-refractivity contribution in [2.24, 2.45) is 0 Å². The van der Waals surface area contributed by atoms with E-state index in [4.69, 9.17) is 42.6 Å². The monoisotopic (exact) mass is 833 g/mol. The van der Waals surface area contributed by atoms with Crippen molar-refractivity contribution in [3.05, 3.63) is 88.0 Å². The number of methoxy groups -OCH3 is 9. The summed E-state index contributed by atoms with van der Waals surface area (Å²) in [5, 5.41) is 2.49. The van der Waals surface area contributed by atoms with E-state index in [2.05, 4.69) is 27.0 Å². The fraction of sp³-hybridized carbons (Fsp3) is 0.250. The zero-order valence-electron chi connectivity index (χ0n) is 34.0. The number of ether oxygens (including phenoxy) is 9. The lowest BCUT2D eigenvalue weighted by molar-refractivity contribution is 0.0841. The van der Waals surface area contributed by atoms with Gasteiger partial charge in [0.05, 0.1) is 70.5 Å². The van der Waals surface area contributed by atoms with Crippen LogP contribution < -0.4 is 69.7 Å². The highest BCUT2D eigenvalue weighted by molar-refractivity contribution is 6.08. The zero-order valence-corrected chi connectivity index (χ0v) is 34.0. The quantitative estimate of drug-likeness (QED) is 0.0758. The SMILES string of the molecule is COc1cc(C(=O)NCC(=O)c2cc(C(=O)NNC(=O)c3cc(OC)c(OC)c(OC)c3)cc(C(=O)NNC(=O)c3cc(OC)c(OC)c(OC)c3)c2)cc(OC)c1OC. The van der Waals surface area contributed by atoms with E-state index in [1.54, 1.807) is 0 Å². The molecule has 20 nitrogen and oxygen atoms in total. The summed E-state index contributed by atoms with van der Waals surface area (Å²) in [6.07, 6.45) is 0. The number of amides is 5. The van der Waals surface area contributed by atoms with Gasteiger partial charge in [-0.1, -0.05) is 0 Å². The Bertz CT molecular complexity index is 1960. The van der Waals surface area contributed by atoms with Crippen LogP contribution in [0.2, 0.25) is 0 Å². The van der Waals surface area contributed by atoms with Gasteiger partial charge < -0.3 is 47.9 Å². The highest BCUT2D eigenvalue weighted by Crippen LogP contribution is 2.40. The first-order chi connectivity index (χ1) is 28.8. The molecule has 0 fully saturated rings. The van der Waals surface area contributed by atoms with E-state index in [1.807, 2.05) is 0 Å². The molecule has 0 radical (unpaired) electrons. The first-order valence-corrected chi connectivity index (χ1v) is 17.4. The molecule has 0 spiro atoms. The van der Waals surface area contributed by atoms with Crippen molar-refractivity contribution in [1.29, 1.82) is 0 Å². The second kappa shape index (κ2) is 20.5. The number of ketones is 1. The van der Waals surface area contributed by atoms with Gasteiger partial charge in [0.15, 0.2) is 40.3 Å². The fourth-order valence-electron chi connectivity index (χ4n) is 5.57. The first-order valence-electron chi connectivity index (χ1n) is 17.4. The van der Waals surface area contributed by atoms with Crippen LogP contribution in [-0.4, -0.2) is 106 Å². The third kappa shape index (κ3) is 10.1. The number of hydrazine groups is 2. The molecule has 60 heavy (non-hydrogen) atoms. The maximum absolute atomic E-state index is 13.6. The van der Waals surface area contributed by atoms with Crippen molar-refractivity contribution < 1.29 is 71.4 Å². The zero-order chi connectivity index (χ0) is 44.1. The van der Waals surface area contributed by atoms with Crippen LogP contribution in [0.5, 0.6) is 51.7 Å². The van der Waals surface area contributed by atoms with E-state index in [1.165, 1.54) is 100 Å². The number of nitrogens with one attached hydrogen (secondary N) is 5. The van der Waals surface area contributed by atoms with Crippen LogP contribution in [0.25, 0.3) is 0 Å². The molecule has 4 aromatic carbocycles. The van der Waals surface area contributed by atoms with Gasteiger partial charge in [-0.15, -0.1) is 0 Å². The second-order valence-corrected chi connectivity index (χ2v) is 12.0. The molecule has 0 saturated carbocycles. The molecular formula is C40H43N5O15. The van der Waals surface area contributed by atoms with Crippen LogP contribution in [0.1, 0.15) is 62.1 Å². The van der Waals surface area contributed by atoms with Crippen LogP contribution in [0, 0.1) is 0 Å². The molecule has 0 heterocycles. The van der Waals surface area contributed by atoms with Crippen molar-refractivity contribution in [3.8, 4) is 51.7 Å². The highest BCUT2D eigenvalue weighted by Gasteiger charge is 2.23. The van der Waals surface area contributed by atoms with Crippen LogP contribution in [0.15, 0.2) is 54.6 Å².